The molecule has 0 radical (unpaired) electrons. The van der Waals surface area contributed by atoms with Crippen LogP contribution in [0, 0.1) is 12.8 Å². The Morgan fingerprint density at radius 2 is 1.96 bits per heavy atom. The molecule has 3 nitrogen and oxygen atoms in total. The number of ether oxygens (including phenoxy) is 1. The van der Waals surface area contributed by atoms with Gasteiger partial charge >= 0.3 is 5.97 Å². The van der Waals surface area contributed by atoms with E-state index in [0.717, 1.165) is 40.2 Å². The van der Waals surface area contributed by atoms with Gasteiger partial charge in [0, 0.05) is 16.3 Å². The number of hydrogen-bond acceptors (Lipinski definition) is 2. The summed E-state index contributed by atoms with van der Waals surface area (Å²) in [5.74, 6) is 0.446. The number of fused-ring (bicyclic) bond motifs is 3. The topological polar surface area (TPSA) is 42.1 Å². The van der Waals surface area contributed by atoms with Crippen molar-refractivity contribution in [2.75, 3.05) is 6.61 Å². The molecule has 25 heavy (non-hydrogen) atoms. The molecule has 1 N–H and O–H groups in total. The summed E-state index contributed by atoms with van der Waals surface area (Å²) in [4.78, 5) is 16.1. The average molecular weight is 337 g/mol. The molecule has 2 aromatic carbocycles. The third kappa shape index (κ3) is 3.28. The monoisotopic (exact) mass is 337 g/mol. The number of aromatic nitrogens is 1. The highest BCUT2D eigenvalue weighted by Crippen LogP contribution is 2.33. The zero-order chi connectivity index (χ0) is 18.0. The Kier molecular flexibility index (Phi) is 5.12. The zero-order valence-electron chi connectivity index (χ0n) is 15.6. The van der Waals surface area contributed by atoms with E-state index in [-0.39, 0.29) is 5.97 Å². The van der Waals surface area contributed by atoms with Gasteiger partial charge in [0.05, 0.1) is 17.7 Å². The summed E-state index contributed by atoms with van der Waals surface area (Å²) in [7, 11) is 0. The summed E-state index contributed by atoms with van der Waals surface area (Å²) >= 11 is 0. The second-order valence-corrected chi connectivity index (χ2v) is 6.89. The molecule has 3 rings (SSSR count). The van der Waals surface area contributed by atoms with Crippen molar-refractivity contribution >= 4 is 27.8 Å². The SMILES string of the molecule is CCOC(=O)c1cc2c([nH]c3ccccc32)c(CC[C@@H](C)CC)c1C. The molecule has 1 aromatic heterocycles. The predicted molar refractivity (Wildman–Crippen MR) is 104 cm³/mol. The maximum absolute atomic E-state index is 12.5. The number of carbonyl (C=O) groups is 1. The molecule has 0 saturated carbocycles. The van der Waals surface area contributed by atoms with E-state index in [9.17, 15) is 4.79 Å². The van der Waals surface area contributed by atoms with E-state index in [4.69, 9.17) is 4.74 Å². The number of rotatable bonds is 6. The summed E-state index contributed by atoms with van der Waals surface area (Å²) in [5, 5.41) is 2.27. The van der Waals surface area contributed by atoms with Crippen LogP contribution in [0.5, 0.6) is 0 Å². The van der Waals surface area contributed by atoms with Crippen LogP contribution in [0.2, 0.25) is 0 Å². The molecule has 0 unspecified atom stereocenters. The lowest BCUT2D eigenvalue weighted by atomic mass is 9.92. The van der Waals surface area contributed by atoms with Gasteiger partial charge in [-0.05, 0) is 55.9 Å². The second kappa shape index (κ2) is 7.30. The minimum atomic E-state index is -0.225. The number of aryl methyl sites for hydroxylation is 1. The van der Waals surface area contributed by atoms with E-state index in [2.05, 4.69) is 31.0 Å². The zero-order valence-corrected chi connectivity index (χ0v) is 15.6. The van der Waals surface area contributed by atoms with Crippen molar-refractivity contribution in [2.24, 2.45) is 5.92 Å². The normalized spacial score (nSPS) is 12.6. The van der Waals surface area contributed by atoms with Gasteiger partial charge in [0.2, 0.25) is 0 Å². The number of nitrogens with one attached hydrogen (secondary N) is 1. The fourth-order valence-electron chi connectivity index (χ4n) is 3.48. The van der Waals surface area contributed by atoms with Gasteiger partial charge in [0.25, 0.3) is 0 Å². The van der Waals surface area contributed by atoms with E-state index in [1.54, 1.807) is 0 Å². The molecular formula is C22H27NO2. The molecule has 0 fully saturated rings. The van der Waals surface area contributed by atoms with Gasteiger partial charge < -0.3 is 9.72 Å². The molecule has 3 aromatic rings. The van der Waals surface area contributed by atoms with Gasteiger partial charge in [0.1, 0.15) is 0 Å². The van der Waals surface area contributed by atoms with Crippen molar-refractivity contribution in [3.05, 3.63) is 47.0 Å². The number of aromatic amines is 1. The van der Waals surface area contributed by atoms with E-state index < -0.39 is 0 Å². The fourth-order valence-corrected chi connectivity index (χ4v) is 3.48. The van der Waals surface area contributed by atoms with Crippen LogP contribution in [0.4, 0.5) is 0 Å². The minimum absolute atomic E-state index is 0.225. The van der Waals surface area contributed by atoms with Crippen molar-refractivity contribution in [3.8, 4) is 0 Å². The van der Waals surface area contributed by atoms with Gasteiger partial charge in [-0.15, -0.1) is 0 Å². The van der Waals surface area contributed by atoms with Crippen LogP contribution in [0.15, 0.2) is 30.3 Å². The molecule has 0 spiro atoms. The Labute approximate surface area is 149 Å². The molecule has 1 heterocycles. The van der Waals surface area contributed by atoms with Crippen molar-refractivity contribution in [2.45, 2.75) is 47.0 Å². The summed E-state index contributed by atoms with van der Waals surface area (Å²) in [5.41, 5.74) is 5.26. The molecule has 0 bridgehead atoms. The molecule has 0 aliphatic carbocycles. The van der Waals surface area contributed by atoms with Crippen molar-refractivity contribution < 1.29 is 9.53 Å². The van der Waals surface area contributed by atoms with Gasteiger partial charge in [-0.2, -0.15) is 0 Å². The third-order valence-electron chi connectivity index (χ3n) is 5.27. The third-order valence-corrected chi connectivity index (χ3v) is 5.27. The van der Waals surface area contributed by atoms with Crippen LogP contribution in [-0.4, -0.2) is 17.6 Å². The van der Waals surface area contributed by atoms with E-state index in [1.165, 1.54) is 12.0 Å². The highest BCUT2D eigenvalue weighted by atomic mass is 16.5. The smallest absolute Gasteiger partial charge is 0.338 e. The minimum Gasteiger partial charge on any atom is -0.462 e. The highest BCUT2D eigenvalue weighted by molar-refractivity contribution is 6.11. The summed E-state index contributed by atoms with van der Waals surface area (Å²) < 4.78 is 5.30. The number of H-pyrrole nitrogens is 1. The van der Waals surface area contributed by atoms with Crippen LogP contribution >= 0.6 is 0 Å². The first kappa shape index (κ1) is 17.5. The van der Waals surface area contributed by atoms with Gasteiger partial charge in [-0.1, -0.05) is 38.5 Å². The Morgan fingerprint density at radius 3 is 2.68 bits per heavy atom. The van der Waals surface area contributed by atoms with Crippen LogP contribution < -0.4 is 0 Å². The summed E-state index contributed by atoms with van der Waals surface area (Å²) in [6, 6.07) is 10.3. The highest BCUT2D eigenvalue weighted by Gasteiger charge is 2.19. The molecule has 0 aliphatic heterocycles. The largest absolute Gasteiger partial charge is 0.462 e. The molecule has 3 heteroatoms. The Bertz CT molecular complexity index is 907. The van der Waals surface area contributed by atoms with E-state index >= 15 is 0 Å². The lowest BCUT2D eigenvalue weighted by molar-refractivity contribution is 0.0525. The predicted octanol–water partition coefficient (Wildman–Crippen LogP) is 5.78. The first-order valence-electron chi connectivity index (χ1n) is 9.26. The quantitative estimate of drug-likeness (QED) is 0.579. The van der Waals surface area contributed by atoms with E-state index in [0.29, 0.717) is 18.1 Å². The Hall–Kier alpha value is -2.29. The van der Waals surface area contributed by atoms with Crippen molar-refractivity contribution in [1.82, 2.24) is 4.98 Å². The lowest BCUT2D eigenvalue weighted by Crippen LogP contribution is -2.09. The molecule has 0 aliphatic rings. The Morgan fingerprint density at radius 1 is 1.20 bits per heavy atom. The number of hydrogen-bond donors (Lipinski definition) is 1. The maximum Gasteiger partial charge on any atom is 0.338 e. The first-order valence-corrected chi connectivity index (χ1v) is 9.26. The van der Waals surface area contributed by atoms with Crippen LogP contribution in [0.1, 0.15) is 55.1 Å². The fraction of sp³-hybridized carbons (Fsp3) is 0.409. The van der Waals surface area contributed by atoms with Gasteiger partial charge in [-0.25, -0.2) is 4.79 Å². The summed E-state index contributed by atoms with van der Waals surface area (Å²) in [6.45, 7) is 8.80. The summed E-state index contributed by atoms with van der Waals surface area (Å²) in [6.07, 6.45) is 3.26. The molecule has 132 valence electrons. The van der Waals surface area contributed by atoms with Crippen molar-refractivity contribution in [1.29, 1.82) is 0 Å². The van der Waals surface area contributed by atoms with Crippen molar-refractivity contribution in [3.63, 3.8) is 0 Å². The van der Waals surface area contributed by atoms with E-state index in [1.807, 2.05) is 32.0 Å². The maximum atomic E-state index is 12.5. The van der Waals surface area contributed by atoms with Crippen LogP contribution in [0.3, 0.4) is 0 Å². The lowest BCUT2D eigenvalue weighted by Gasteiger charge is -2.15. The van der Waals surface area contributed by atoms with Gasteiger partial charge in [0.15, 0.2) is 0 Å². The molecule has 1 atom stereocenters. The molecular weight excluding hydrogens is 310 g/mol. The van der Waals surface area contributed by atoms with Gasteiger partial charge in [-0.3, -0.25) is 0 Å². The number of benzene rings is 2. The standard InChI is InChI=1S/C22H27NO2/c1-5-14(3)11-12-16-15(4)18(22(24)25-6-2)13-19-17-9-7-8-10-20(17)23-21(16)19/h7-10,13-14,23H,5-6,11-12H2,1-4H3/t14-/m0/s1. The average Bonchev–Trinajstić information content (AvgIpc) is 2.98. The second-order valence-electron chi connectivity index (χ2n) is 6.89. The first-order chi connectivity index (χ1) is 12.1. The van der Waals surface area contributed by atoms with Crippen LogP contribution in [-0.2, 0) is 11.2 Å². The molecule has 0 amide bonds. The number of esters is 1. The van der Waals surface area contributed by atoms with Crippen LogP contribution in [0.25, 0.3) is 21.8 Å². The Balaban J connectivity index is 2.21. The number of para-hydroxylation sites is 1. The molecule has 0 saturated heterocycles. The number of carbonyl (C=O) groups excluding carboxylic acids is 1.